The van der Waals surface area contributed by atoms with E-state index >= 15 is 0 Å². The van der Waals surface area contributed by atoms with Gasteiger partial charge in [0.05, 0.1) is 5.92 Å². The van der Waals surface area contributed by atoms with Crippen molar-refractivity contribution in [2.75, 3.05) is 0 Å². The third-order valence-corrected chi connectivity index (χ3v) is 5.66. The van der Waals surface area contributed by atoms with Crippen LogP contribution >= 0.6 is 0 Å². The van der Waals surface area contributed by atoms with Crippen LogP contribution in [0.15, 0.2) is 66.7 Å². The number of fused-ring (bicyclic) bond motifs is 1. The van der Waals surface area contributed by atoms with Crippen molar-refractivity contribution in [2.24, 2.45) is 5.73 Å². The third-order valence-electron chi connectivity index (χ3n) is 5.66. The van der Waals surface area contributed by atoms with E-state index in [4.69, 9.17) is 11.1 Å². The average molecular weight is 432 g/mol. The first-order valence-electron chi connectivity index (χ1n) is 10.8. The van der Waals surface area contributed by atoms with Crippen LogP contribution in [0, 0.1) is 5.41 Å². The monoisotopic (exact) mass is 431 g/mol. The van der Waals surface area contributed by atoms with Crippen LogP contribution in [0.25, 0.3) is 10.8 Å². The molecule has 0 aliphatic rings. The molecule has 3 aromatic carbocycles. The number of benzene rings is 3. The molecule has 5 N–H and O–H groups in total. The Labute approximate surface area is 188 Å². The fourth-order valence-electron chi connectivity index (χ4n) is 3.78. The van der Waals surface area contributed by atoms with Crippen molar-refractivity contribution in [2.45, 2.75) is 44.6 Å². The van der Waals surface area contributed by atoms with E-state index in [0.29, 0.717) is 18.4 Å². The number of carboxylic acid groups (broad SMARTS) is 1. The Morgan fingerprint density at radius 3 is 2.34 bits per heavy atom. The van der Waals surface area contributed by atoms with Crippen molar-refractivity contribution in [1.82, 2.24) is 5.32 Å². The van der Waals surface area contributed by atoms with Gasteiger partial charge in [0, 0.05) is 5.56 Å². The predicted molar refractivity (Wildman–Crippen MR) is 127 cm³/mol. The molecule has 0 saturated carbocycles. The minimum absolute atomic E-state index is 0.0133. The molecule has 0 spiro atoms. The minimum atomic E-state index is -1.02. The number of rotatable bonds is 10. The predicted octanol–water partition coefficient (Wildman–Crippen LogP) is 4.21. The quantitative estimate of drug-likeness (QED) is 0.284. The van der Waals surface area contributed by atoms with E-state index in [1.54, 1.807) is 12.1 Å². The molecule has 1 amide bonds. The number of hydrogen-bond acceptors (Lipinski definition) is 3. The molecular formula is C26H29N3O3. The maximum Gasteiger partial charge on any atom is 0.326 e. The van der Waals surface area contributed by atoms with Crippen LogP contribution in [-0.4, -0.2) is 28.9 Å². The lowest BCUT2D eigenvalue weighted by atomic mass is 9.89. The van der Waals surface area contributed by atoms with E-state index in [-0.39, 0.29) is 11.7 Å². The molecule has 6 nitrogen and oxygen atoms in total. The molecule has 0 radical (unpaired) electrons. The maximum atomic E-state index is 13.3. The normalized spacial score (nSPS) is 12.8. The summed E-state index contributed by atoms with van der Waals surface area (Å²) >= 11 is 0. The summed E-state index contributed by atoms with van der Waals surface area (Å²) in [6, 6.07) is 20.1. The minimum Gasteiger partial charge on any atom is -0.480 e. The Morgan fingerprint density at radius 2 is 1.72 bits per heavy atom. The number of amides is 1. The molecule has 2 atom stereocenters. The summed E-state index contributed by atoms with van der Waals surface area (Å²) in [5.74, 6) is -1.89. The molecule has 3 rings (SSSR count). The summed E-state index contributed by atoms with van der Waals surface area (Å²) in [6.45, 7) is 1.99. The van der Waals surface area contributed by atoms with Crippen LogP contribution in [0.2, 0.25) is 0 Å². The van der Waals surface area contributed by atoms with Crippen molar-refractivity contribution < 1.29 is 14.7 Å². The Balaban J connectivity index is 1.92. The summed E-state index contributed by atoms with van der Waals surface area (Å²) < 4.78 is 0. The third kappa shape index (κ3) is 5.72. The second-order valence-electron chi connectivity index (χ2n) is 8.02. The number of aliphatic carboxylic acids is 1. The summed E-state index contributed by atoms with van der Waals surface area (Å²) in [5, 5.41) is 22.0. The van der Waals surface area contributed by atoms with Gasteiger partial charge in [0.2, 0.25) is 5.91 Å². The summed E-state index contributed by atoms with van der Waals surface area (Å²) in [7, 11) is 0. The van der Waals surface area contributed by atoms with Crippen molar-refractivity contribution in [1.29, 1.82) is 5.41 Å². The van der Waals surface area contributed by atoms with Gasteiger partial charge in [0.15, 0.2) is 0 Å². The number of nitrogens with one attached hydrogen (secondary N) is 2. The number of amidine groups is 1. The number of carboxylic acids is 1. The lowest BCUT2D eigenvalue weighted by Crippen LogP contribution is -2.43. The van der Waals surface area contributed by atoms with E-state index in [1.807, 2.05) is 61.5 Å². The van der Waals surface area contributed by atoms with Crippen molar-refractivity contribution in [3.63, 3.8) is 0 Å². The van der Waals surface area contributed by atoms with Gasteiger partial charge in [0.1, 0.15) is 11.9 Å². The van der Waals surface area contributed by atoms with E-state index in [0.717, 1.165) is 34.7 Å². The van der Waals surface area contributed by atoms with Gasteiger partial charge in [-0.05, 0) is 34.7 Å². The van der Waals surface area contributed by atoms with Crippen molar-refractivity contribution in [3.05, 3.63) is 83.4 Å². The molecular weight excluding hydrogens is 402 g/mol. The van der Waals surface area contributed by atoms with Gasteiger partial charge in [0.25, 0.3) is 0 Å². The van der Waals surface area contributed by atoms with Crippen molar-refractivity contribution in [3.8, 4) is 0 Å². The summed E-state index contributed by atoms with van der Waals surface area (Å²) in [6.07, 6.45) is 2.39. The van der Waals surface area contributed by atoms with Gasteiger partial charge < -0.3 is 16.2 Å². The van der Waals surface area contributed by atoms with E-state index in [2.05, 4.69) is 5.32 Å². The zero-order valence-electron chi connectivity index (χ0n) is 18.2. The van der Waals surface area contributed by atoms with Crippen molar-refractivity contribution >= 4 is 28.5 Å². The fourth-order valence-corrected chi connectivity index (χ4v) is 3.78. The first kappa shape index (κ1) is 23.0. The molecule has 0 unspecified atom stereocenters. The van der Waals surface area contributed by atoms with Crippen LogP contribution < -0.4 is 11.1 Å². The summed E-state index contributed by atoms with van der Waals surface area (Å²) in [4.78, 5) is 25.0. The molecule has 0 heterocycles. The number of unbranched alkanes of at least 4 members (excludes halogenated alkanes) is 1. The molecule has 0 aliphatic carbocycles. The zero-order valence-corrected chi connectivity index (χ0v) is 18.2. The largest absolute Gasteiger partial charge is 0.480 e. The number of hydrogen-bond donors (Lipinski definition) is 4. The highest BCUT2D eigenvalue weighted by atomic mass is 16.4. The molecule has 32 heavy (non-hydrogen) atoms. The molecule has 0 fully saturated rings. The smallest absolute Gasteiger partial charge is 0.326 e. The van der Waals surface area contributed by atoms with Crippen LogP contribution in [0.1, 0.15) is 48.8 Å². The molecule has 166 valence electrons. The Hall–Kier alpha value is -3.67. The summed E-state index contributed by atoms with van der Waals surface area (Å²) in [5.41, 5.74) is 7.90. The van der Waals surface area contributed by atoms with E-state index in [9.17, 15) is 14.7 Å². The highest BCUT2D eigenvalue weighted by Gasteiger charge is 2.26. The number of nitrogen functional groups attached to an aromatic ring is 1. The number of carbonyl (C=O) groups excluding carboxylic acids is 1. The van der Waals surface area contributed by atoms with Crippen LogP contribution in [0.5, 0.6) is 0 Å². The van der Waals surface area contributed by atoms with Gasteiger partial charge in [-0.15, -0.1) is 0 Å². The molecule has 0 aliphatic heterocycles. The highest BCUT2D eigenvalue weighted by Crippen LogP contribution is 2.26. The van der Waals surface area contributed by atoms with Crippen LogP contribution in [0.3, 0.4) is 0 Å². The Kier molecular flexibility index (Phi) is 7.60. The fraction of sp³-hybridized carbons (Fsp3) is 0.269. The first-order valence-corrected chi connectivity index (χ1v) is 10.8. The molecule has 0 aromatic heterocycles. The Morgan fingerprint density at radius 1 is 1.03 bits per heavy atom. The van der Waals surface area contributed by atoms with Gasteiger partial charge >= 0.3 is 5.97 Å². The lowest BCUT2D eigenvalue weighted by molar-refractivity contribution is -0.142. The van der Waals surface area contributed by atoms with Gasteiger partial charge in [-0.25, -0.2) is 4.79 Å². The van der Waals surface area contributed by atoms with Crippen LogP contribution in [0.4, 0.5) is 0 Å². The Bertz CT molecular complexity index is 1110. The second-order valence-corrected chi connectivity index (χ2v) is 8.02. The average Bonchev–Trinajstić information content (AvgIpc) is 2.79. The maximum absolute atomic E-state index is 13.3. The topological polar surface area (TPSA) is 116 Å². The number of carbonyl (C=O) groups is 2. The lowest BCUT2D eigenvalue weighted by Gasteiger charge is -2.21. The molecule has 3 aromatic rings. The SMILES string of the molecule is CCCC[C@H](NC(=O)[C@@H](Cc1ccc(C(=N)N)cc1)c1ccc2ccccc2c1)C(=O)O. The van der Waals surface area contributed by atoms with E-state index in [1.165, 1.54) is 0 Å². The zero-order chi connectivity index (χ0) is 23.1. The standard InChI is InChI=1S/C26H29N3O3/c1-2-3-8-23(26(31)32)29-25(30)22(15-17-9-11-19(12-10-17)24(27)28)21-14-13-18-6-4-5-7-20(18)16-21/h4-7,9-14,16,22-23H,2-3,8,15H2,1H3,(H3,27,28)(H,29,30)(H,31,32)/t22-,23-/m0/s1. The highest BCUT2D eigenvalue weighted by molar-refractivity contribution is 5.95. The van der Waals surface area contributed by atoms with Crippen LogP contribution in [-0.2, 0) is 16.0 Å². The van der Waals surface area contributed by atoms with Gasteiger partial charge in [-0.1, -0.05) is 86.5 Å². The molecule has 6 heteroatoms. The van der Waals surface area contributed by atoms with Gasteiger partial charge in [-0.3, -0.25) is 10.2 Å². The van der Waals surface area contributed by atoms with Gasteiger partial charge in [-0.2, -0.15) is 0 Å². The first-order chi connectivity index (χ1) is 15.4. The van der Waals surface area contributed by atoms with E-state index < -0.39 is 17.9 Å². The molecule has 0 bridgehead atoms. The second kappa shape index (κ2) is 10.6. The molecule has 0 saturated heterocycles. The number of nitrogens with two attached hydrogens (primary N) is 1.